The van der Waals surface area contributed by atoms with Crippen LogP contribution in [0.5, 0.6) is 5.75 Å². The molecule has 4 rings (SSSR count). The zero-order valence-corrected chi connectivity index (χ0v) is 14.2. The van der Waals surface area contributed by atoms with Gasteiger partial charge in [0, 0.05) is 11.1 Å². The number of amides is 1. The number of hydrazone groups is 1. The maximum absolute atomic E-state index is 12.1. The van der Waals surface area contributed by atoms with E-state index in [1.54, 1.807) is 6.21 Å². The van der Waals surface area contributed by atoms with Crippen LogP contribution in [-0.2, 0) is 11.2 Å². The monoisotopic (exact) mass is 342 g/mol. The van der Waals surface area contributed by atoms with E-state index in [1.807, 2.05) is 66.7 Å². The number of nitrogens with one attached hydrogen (secondary N) is 1. The first-order valence-electron chi connectivity index (χ1n) is 8.50. The number of carbonyl (C=O) groups is 1. The summed E-state index contributed by atoms with van der Waals surface area (Å²) in [6.45, 7) is 0.445. The van der Waals surface area contributed by atoms with Crippen molar-refractivity contribution in [1.82, 2.24) is 5.43 Å². The average Bonchev–Trinajstić information content (AvgIpc) is 2.68. The molecule has 1 aliphatic heterocycles. The van der Waals surface area contributed by atoms with E-state index < -0.39 is 0 Å². The lowest BCUT2D eigenvalue weighted by Crippen LogP contribution is -2.20. The van der Waals surface area contributed by atoms with Crippen molar-refractivity contribution in [3.8, 4) is 5.75 Å². The second-order valence-corrected chi connectivity index (χ2v) is 6.20. The van der Waals surface area contributed by atoms with Gasteiger partial charge in [-0.05, 0) is 28.5 Å². The van der Waals surface area contributed by atoms with Crippen LogP contribution in [0.3, 0.4) is 0 Å². The van der Waals surface area contributed by atoms with E-state index in [4.69, 9.17) is 4.74 Å². The van der Waals surface area contributed by atoms with Gasteiger partial charge in [0.25, 0.3) is 0 Å². The normalized spacial score (nSPS) is 13.2. The number of benzene rings is 3. The van der Waals surface area contributed by atoms with Gasteiger partial charge in [-0.1, -0.05) is 60.7 Å². The summed E-state index contributed by atoms with van der Waals surface area (Å²) in [5.41, 5.74) is 5.48. The molecule has 3 aromatic carbocycles. The highest BCUT2D eigenvalue weighted by atomic mass is 16.5. The Balaban J connectivity index is 1.38. The molecule has 0 aliphatic carbocycles. The fourth-order valence-corrected chi connectivity index (χ4v) is 2.97. The molecule has 0 unspecified atom stereocenters. The van der Waals surface area contributed by atoms with Crippen LogP contribution in [0.2, 0.25) is 0 Å². The number of rotatable bonds is 4. The largest absolute Gasteiger partial charge is 0.488 e. The Morgan fingerprint density at radius 3 is 2.77 bits per heavy atom. The number of ether oxygens (including phenoxy) is 1. The first-order chi connectivity index (χ1) is 12.8. The number of carbonyl (C=O) groups excluding carboxylic acids is 1. The van der Waals surface area contributed by atoms with Gasteiger partial charge in [0.1, 0.15) is 12.4 Å². The number of hydrogen-bond donors (Lipinski definition) is 1. The number of fused-ring (bicyclic) bond motifs is 2. The lowest BCUT2D eigenvalue weighted by molar-refractivity contribution is -0.120. The summed E-state index contributed by atoms with van der Waals surface area (Å²) in [6, 6.07) is 22.0. The van der Waals surface area contributed by atoms with Gasteiger partial charge in [-0.3, -0.25) is 4.79 Å². The van der Waals surface area contributed by atoms with Crippen LogP contribution in [-0.4, -0.2) is 18.7 Å². The predicted octanol–water partition coefficient (Wildman–Crippen LogP) is 3.96. The standard InChI is InChI=1S/C22H18N2O2/c25-22(13-16-9-10-18-5-1-2-6-19(18)11-16)24-23-14-17-12-20-7-3-4-8-21(20)26-15-17/h1-12,14H,13,15H2,(H,24,25)/b23-14+. The van der Waals surface area contributed by atoms with Crippen LogP contribution in [0.4, 0.5) is 0 Å². The molecule has 3 aromatic rings. The molecule has 0 saturated carbocycles. The van der Waals surface area contributed by atoms with E-state index in [-0.39, 0.29) is 5.91 Å². The third-order valence-corrected chi connectivity index (χ3v) is 4.25. The number of nitrogens with zero attached hydrogens (tertiary/aromatic N) is 1. The van der Waals surface area contributed by atoms with Crippen molar-refractivity contribution in [2.75, 3.05) is 6.61 Å². The van der Waals surface area contributed by atoms with Gasteiger partial charge >= 0.3 is 0 Å². The minimum absolute atomic E-state index is 0.144. The van der Waals surface area contributed by atoms with Gasteiger partial charge in [-0.2, -0.15) is 5.10 Å². The summed E-state index contributed by atoms with van der Waals surface area (Å²) >= 11 is 0. The fourth-order valence-electron chi connectivity index (χ4n) is 2.97. The molecular formula is C22H18N2O2. The molecule has 1 N–H and O–H groups in total. The highest BCUT2D eigenvalue weighted by Crippen LogP contribution is 2.24. The van der Waals surface area contributed by atoms with Crippen LogP contribution in [0.1, 0.15) is 11.1 Å². The molecule has 1 heterocycles. The van der Waals surface area contributed by atoms with E-state index in [1.165, 1.54) is 5.39 Å². The predicted molar refractivity (Wildman–Crippen MR) is 104 cm³/mol. The zero-order valence-electron chi connectivity index (χ0n) is 14.2. The van der Waals surface area contributed by atoms with E-state index in [2.05, 4.69) is 16.6 Å². The first-order valence-corrected chi connectivity index (χ1v) is 8.50. The number of para-hydroxylation sites is 1. The molecule has 4 heteroatoms. The van der Waals surface area contributed by atoms with E-state index in [0.29, 0.717) is 13.0 Å². The van der Waals surface area contributed by atoms with Gasteiger partial charge in [-0.15, -0.1) is 0 Å². The topological polar surface area (TPSA) is 50.7 Å². The molecule has 128 valence electrons. The summed E-state index contributed by atoms with van der Waals surface area (Å²) < 4.78 is 5.66. The van der Waals surface area contributed by atoms with Crippen molar-refractivity contribution in [2.24, 2.45) is 5.10 Å². The molecule has 0 bridgehead atoms. The third kappa shape index (κ3) is 3.64. The van der Waals surface area contributed by atoms with Crippen LogP contribution < -0.4 is 10.2 Å². The smallest absolute Gasteiger partial charge is 0.244 e. The average molecular weight is 342 g/mol. The molecule has 0 aromatic heterocycles. The van der Waals surface area contributed by atoms with Gasteiger partial charge in [0.15, 0.2) is 0 Å². The van der Waals surface area contributed by atoms with Gasteiger partial charge in [0.05, 0.1) is 12.6 Å². The van der Waals surface area contributed by atoms with Crippen molar-refractivity contribution >= 4 is 29.0 Å². The highest BCUT2D eigenvalue weighted by molar-refractivity contribution is 5.89. The molecule has 26 heavy (non-hydrogen) atoms. The second-order valence-electron chi connectivity index (χ2n) is 6.20. The Bertz CT molecular complexity index is 1020. The highest BCUT2D eigenvalue weighted by Gasteiger charge is 2.09. The Labute approximate surface area is 151 Å². The van der Waals surface area contributed by atoms with Crippen molar-refractivity contribution in [2.45, 2.75) is 6.42 Å². The summed E-state index contributed by atoms with van der Waals surface area (Å²) in [7, 11) is 0. The number of hydrogen-bond acceptors (Lipinski definition) is 3. The van der Waals surface area contributed by atoms with Crippen LogP contribution in [0, 0.1) is 0 Å². The lowest BCUT2D eigenvalue weighted by atomic mass is 10.1. The molecule has 1 aliphatic rings. The van der Waals surface area contributed by atoms with Gasteiger partial charge < -0.3 is 4.74 Å². The van der Waals surface area contributed by atoms with Gasteiger partial charge in [0.2, 0.25) is 5.91 Å². The third-order valence-electron chi connectivity index (χ3n) is 4.25. The molecule has 0 radical (unpaired) electrons. The Morgan fingerprint density at radius 1 is 1.04 bits per heavy atom. The summed E-state index contributed by atoms with van der Waals surface area (Å²) in [6.07, 6.45) is 3.94. The molecule has 0 fully saturated rings. The molecule has 0 spiro atoms. The molecule has 0 saturated heterocycles. The minimum Gasteiger partial charge on any atom is -0.488 e. The molecular weight excluding hydrogens is 324 g/mol. The first kappa shape index (κ1) is 16.1. The Kier molecular flexibility index (Phi) is 4.48. The van der Waals surface area contributed by atoms with Crippen LogP contribution >= 0.6 is 0 Å². The molecule has 1 amide bonds. The summed E-state index contributed by atoms with van der Waals surface area (Å²) in [5, 5.41) is 6.35. The zero-order chi connectivity index (χ0) is 17.8. The minimum atomic E-state index is -0.144. The Hall–Kier alpha value is -3.40. The lowest BCUT2D eigenvalue weighted by Gasteiger charge is -2.15. The molecule has 0 atom stereocenters. The summed E-state index contributed by atoms with van der Waals surface area (Å²) in [4.78, 5) is 12.1. The van der Waals surface area contributed by atoms with Crippen molar-refractivity contribution < 1.29 is 9.53 Å². The summed E-state index contributed by atoms with van der Waals surface area (Å²) in [5.74, 6) is 0.722. The van der Waals surface area contributed by atoms with Gasteiger partial charge in [-0.25, -0.2) is 5.43 Å². The van der Waals surface area contributed by atoms with E-state index in [9.17, 15) is 4.79 Å². The van der Waals surface area contributed by atoms with Crippen LogP contribution in [0.25, 0.3) is 16.8 Å². The Morgan fingerprint density at radius 2 is 1.85 bits per heavy atom. The van der Waals surface area contributed by atoms with Crippen molar-refractivity contribution in [3.05, 3.63) is 83.4 Å². The van der Waals surface area contributed by atoms with Crippen molar-refractivity contribution in [3.63, 3.8) is 0 Å². The maximum Gasteiger partial charge on any atom is 0.244 e. The quantitative estimate of drug-likeness (QED) is 0.576. The van der Waals surface area contributed by atoms with Crippen molar-refractivity contribution in [1.29, 1.82) is 0 Å². The van der Waals surface area contributed by atoms with E-state index in [0.717, 1.165) is 27.8 Å². The molecule has 4 nitrogen and oxygen atoms in total. The van der Waals surface area contributed by atoms with Crippen LogP contribution in [0.15, 0.2) is 77.4 Å². The fraction of sp³-hybridized carbons (Fsp3) is 0.0909. The second kappa shape index (κ2) is 7.23. The maximum atomic E-state index is 12.1. The van der Waals surface area contributed by atoms with E-state index >= 15 is 0 Å². The SMILES string of the molecule is O=C(Cc1ccc2ccccc2c1)N/N=C/C1=Cc2ccccc2OC1.